The maximum absolute atomic E-state index is 11.4. The summed E-state index contributed by atoms with van der Waals surface area (Å²) in [7, 11) is 0. The second kappa shape index (κ2) is 2.41. The Hall–Kier alpha value is -1.18. The summed E-state index contributed by atoms with van der Waals surface area (Å²) >= 11 is 0. The molecule has 2 aliphatic carbocycles. The van der Waals surface area contributed by atoms with Crippen LogP contribution in [0.25, 0.3) is 0 Å². The Balaban J connectivity index is 2.41. The molecule has 0 amide bonds. The molecule has 0 aromatic heterocycles. The van der Waals surface area contributed by atoms with E-state index in [-0.39, 0.29) is 17.0 Å². The van der Waals surface area contributed by atoms with Crippen LogP contribution in [-0.2, 0) is 9.59 Å². The fourth-order valence-electron chi connectivity index (χ4n) is 2.06. The minimum Gasteiger partial charge on any atom is -0.290 e. The molecule has 0 unspecified atom stereocenters. The van der Waals surface area contributed by atoms with Crippen molar-refractivity contribution in [1.29, 1.82) is 0 Å². The topological polar surface area (TPSA) is 34.1 Å². The zero-order valence-corrected chi connectivity index (χ0v) is 7.89. The third-order valence-electron chi connectivity index (χ3n) is 2.66. The van der Waals surface area contributed by atoms with Gasteiger partial charge >= 0.3 is 0 Å². The molecule has 2 nitrogen and oxygen atoms in total. The first kappa shape index (κ1) is 8.42. The van der Waals surface area contributed by atoms with Gasteiger partial charge in [-0.2, -0.15) is 0 Å². The number of hydrogen-bond acceptors (Lipinski definition) is 2. The SMILES string of the molecule is CC1(C)CC2=C(C1)C(=O)C=CC2=O. The normalized spacial score (nSPS) is 25.4. The van der Waals surface area contributed by atoms with E-state index in [0.29, 0.717) is 0 Å². The van der Waals surface area contributed by atoms with E-state index in [0.717, 1.165) is 24.0 Å². The van der Waals surface area contributed by atoms with Crippen molar-refractivity contribution in [3.05, 3.63) is 23.3 Å². The van der Waals surface area contributed by atoms with Crippen molar-refractivity contribution in [2.24, 2.45) is 5.41 Å². The van der Waals surface area contributed by atoms with Crippen LogP contribution in [0.5, 0.6) is 0 Å². The Morgan fingerprint density at radius 1 is 1.00 bits per heavy atom. The number of hydrogen-bond donors (Lipinski definition) is 0. The lowest BCUT2D eigenvalue weighted by molar-refractivity contribution is -0.115. The Morgan fingerprint density at radius 3 is 1.77 bits per heavy atom. The second-order valence-corrected chi connectivity index (χ2v) is 4.54. The van der Waals surface area contributed by atoms with Gasteiger partial charge in [-0.15, -0.1) is 0 Å². The van der Waals surface area contributed by atoms with Crippen LogP contribution < -0.4 is 0 Å². The molecule has 0 bridgehead atoms. The van der Waals surface area contributed by atoms with Crippen molar-refractivity contribution in [1.82, 2.24) is 0 Å². The molecule has 0 heterocycles. The van der Waals surface area contributed by atoms with Crippen LogP contribution in [0, 0.1) is 5.41 Å². The largest absolute Gasteiger partial charge is 0.290 e. The van der Waals surface area contributed by atoms with Crippen LogP contribution in [0.3, 0.4) is 0 Å². The number of carbonyl (C=O) groups excluding carboxylic acids is 2. The number of rotatable bonds is 0. The predicted molar refractivity (Wildman–Crippen MR) is 49.2 cm³/mol. The summed E-state index contributed by atoms with van der Waals surface area (Å²) in [6.07, 6.45) is 4.28. The molecular formula is C11H12O2. The molecule has 0 radical (unpaired) electrons. The van der Waals surface area contributed by atoms with Gasteiger partial charge in [0.25, 0.3) is 0 Å². The molecule has 2 aliphatic rings. The minimum atomic E-state index is 0.0279. The molecule has 2 rings (SSSR count). The van der Waals surface area contributed by atoms with E-state index in [1.807, 2.05) is 0 Å². The van der Waals surface area contributed by atoms with E-state index in [9.17, 15) is 9.59 Å². The van der Waals surface area contributed by atoms with Crippen molar-refractivity contribution < 1.29 is 9.59 Å². The van der Waals surface area contributed by atoms with Crippen LogP contribution in [0.2, 0.25) is 0 Å². The highest BCUT2D eigenvalue weighted by molar-refractivity contribution is 6.20. The van der Waals surface area contributed by atoms with E-state index in [1.165, 1.54) is 12.2 Å². The van der Waals surface area contributed by atoms with Gasteiger partial charge in [-0.3, -0.25) is 9.59 Å². The summed E-state index contributed by atoms with van der Waals surface area (Å²) in [4.78, 5) is 22.8. The summed E-state index contributed by atoms with van der Waals surface area (Å²) in [6, 6.07) is 0. The Kier molecular flexibility index (Phi) is 1.56. The lowest BCUT2D eigenvalue weighted by Crippen LogP contribution is -2.09. The van der Waals surface area contributed by atoms with Crippen LogP contribution in [0.4, 0.5) is 0 Å². The van der Waals surface area contributed by atoms with E-state index in [1.54, 1.807) is 0 Å². The lowest BCUT2D eigenvalue weighted by atomic mass is 9.88. The Morgan fingerprint density at radius 2 is 1.38 bits per heavy atom. The molecule has 2 heteroatoms. The average Bonchev–Trinajstić information content (AvgIpc) is 2.35. The van der Waals surface area contributed by atoms with Gasteiger partial charge in [-0.25, -0.2) is 0 Å². The third kappa shape index (κ3) is 1.26. The smallest absolute Gasteiger partial charge is 0.182 e. The average molecular weight is 176 g/mol. The number of allylic oxidation sites excluding steroid dienone is 4. The van der Waals surface area contributed by atoms with Crippen LogP contribution >= 0.6 is 0 Å². The van der Waals surface area contributed by atoms with Crippen LogP contribution in [0.15, 0.2) is 23.3 Å². The molecule has 0 spiro atoms. The summed E-state index contributed by atoms with van der Waals surface area (Å²) in [5, 5.41) is 0. The van der Waals surface area contributed by atoms with Gasteiger partial charge in [0.1, 0.15) is 0 Å². The molecule has 0 fully saturated rings. The maximum Gasteiger partial charge on any atom is 0.182 e. The van der Waals surface area contributed by atoms with Gasteiger partial charge in [0.2, 0.25) is 0 Å². The molecule has 0 atom stereocenters. The summed E-state index contributed by atoms with van der Waals surface area (Å²) in [5.41, 5.74) is 1.58. The Labute approximate surface area is 77.3 Å². The monoisotopic (exact) mass is 176 g/mol. The van der Waals surface area contributed by atoms with E-state index in [4.69, 9.17) is 0 Å². The van der Waals surface area contributed by atoms with Gasteiger partial charge in [0, 0.05) is 11.1 Å². The Bertz CT molecular complexity index is 324. The number of ketones is 2. The summed E-state index contributed by atoms with van der Waals surface area (Å²) in [5.74, 6) is 0.0559. The fraction of sp³-hybridized carbons (Fsp3) is 0.455. The lowest BCUT2D eigenvalue weighted by Gasteiger charge is -2.15. The minimum absolute atomic E-state index is 0.0279. The summed E-state index contributed by atoms with van der Waals surface area (Å²) in [6.45, 7) is 4.18. The van der Waals surface area contributed by atoms with Crippen molar-refractivity contribution in [3.8, 4) is 0 Å². The molecule has 0 aromatic carbocycles. The quantitative estimate of drug-likeness (QED) is 0.527. The highest BCUT2D eigenvalue weighted by atomic mass is 16.1. The van der Waals surface area contributed by atoms with Crippen LogP contribution in [-0.4, -0.2) is 11.6 Å². The molecule has 0 saturated carbocycles. The van der Waals surface area contributed by atoms with E-state index >= 15 is 0 Å². The molecule has 68 valence electrons. The second-order valence-electron chi connectivity index (χ2n) is 4.54. The molecule has 13 heavy (non-hydrogen) atoms. The highest BCUT2D eigenvalue weighted by Crippen LogP contribution is 2.43. The van der Waals surface area contributed by atoms with E-state index in [2.05, 4.69) is 13.8 Å². The van der Waals surface area contributed by atoms with Gasteiger partial charge in [-0.1, -0.05) is 13.8 Å². The van der Waals surface area contributed by atoms with Crippen molar-refractivity contribution in [3.63, 3.8) is 0 Å². The van der Waals surface area contributed by atoms with Gasteiger partial charge in [-0.05, 0) is 30.4 Å². The molecule has 0 aliphatic heterocycles. The predicted octanol–water partition coefficient (Wildman–Crippen LogP) is 1.81. The third-order valence-corrected chi connectivity index (χ3v) is 2.66. The van der Waals surface area contributed by atoms with Gasteiger partial charge in [0.15, 0.2) is 11.6 Å². The first-order valence-corrected chi connectivity index (χ1v) is 4.48. The highest BCUT2D eigenvalue weighted by Gasteiger charge is 2.36. The van der Waals surface area contributed by atoms with Gasteiger partial charge in [0.05, 0.1) is 0 Å². The zero-order chi connectivity index (χ0) is 9.64. The maximum atomic E-state index is 11.4. The summed E-state index contributed by atoms with van der Waals surface area (Å²) < 4.78 is 0. The van der Waals surface area contributed by atoms with Crippen molar-refractivity contribution in [2.75, 3.05) is 0 Å². The molecular weight excluding hydrogens is 164 g/mol. The zero-order valence-electron chi connectivity index (χ0n) is 7.89. The molecule has 0 aromatic rings. The molecule has 0 N–H and O–H groups in total. The van der Waals surface area contributed by atoms with Crippen LogP contribution in [0.1, 0.15) is 26.7 Å². The van der Waals surface area contributed by atoms with Crippen molar-refractivity contribution >= 4 is 11.6 Å². The first-order valence-electron chi connectivity index (χ1n) is 4.48. The van der Waals surface area contributed by atoms with E-state index < -0.39 is 0 Å². The first-order chi connectivity index (χ1) is 5.99. The molecule has 0 saturated heterocycles. The fourth-order valence-corrected chi connectivity index (χ4v) is 2.06. The van der Waals surface area contributed by atoms with Gasteiger partial charge < -0.3 is 0 Å². The van der Waals surface area contributed by atoms with Crippen molar-refractivity contribution in [2.45, 2.75) is 26.7 Å². The standard InChI is InChI=1S/C11H12O2/c1-11(2)5-7-8(6-11)10(13)4-3-9(7)12/h3-4H,5-6H2,1-2H3. The number of carbonyl (C=O) groups is 2.